The molecule has 0 saturated carbocycles. The van der Waals surface area contributed by atoms with Crippen molar-refractivity contribution in [1.82, 2.24) is 0 Å². The largest absolute Gasteiger partial charge is 0.396 e. The molecule has 8 nitrogen and oxygen atoms in total. The van der Waals surface area contributed by atoms with Gasteiger partial charge in [0.2, 0.25) is 0 Å². The summed E-state index contributed by atoms with van der Waals surface area (Å²) in [7, 11) is 0. The number of nitrogen functional groups attached to an aromatic ring is 1. The van der Waals surface area contributed by atoms with E-state index in [-0.39, 0.29) is 11.3 Å². The second kappa shape index (κ2) is 14.5. The number of hydrogen-bond donors (Lipinski definition) is 3. The van der Waals surface area contributed by atoms with Gasteiger partial charge >= 0.3 is 5.69 Å². The van der Waals surface area contributed by atoms with Crippen LogP contribution in [0.4, 0.5) is 34.1 Å². The van der Waals surface area contributed by atoms with E-state index in [1.165, 1.54) is 6.07 Å². The Bertz CT molecular complexity index is 2070. The zero-order valence-corrected chi connectivity index (χ0v) is 24.6. The molecular formula is C38H28N6O2. The number of anilines is 5. The summed E-state index contributed by atoms with van der Waals surface area (Å²) in [6.45, 7) is 0. The van der Waals surface area contributed by atoms with E-state index in [9.17, 15) is 10.1 Å². The molecule has 46 heavy (non-hydrogen) atoms. The van der Waals surface area contributed by atoms with Crippen molar-refractivity contribution in [3.8, 4) is 34.4 Å². The fourth-order valence-electron chi connectivity index (χ4n) is 4.83. The van der Waals surface area contributed by atoms with Crippen LogP contribution in [0.5, 0.6) is 0 Å². The lowest BCUT2D eigenvalue weighted by Crippen LogP contribution is -1.99. The first kappa shape index (κ1) is 30.6. The van der Waals surface area contributed by atoms with Crippen molar-refractivity contribution >= 4 is 34.1 Å². The van der Waals surface area contributed by atoms with Gasteiger partial charge in [-0.25, -0.2) is 0 Å². The average Bonchev–Trinajstić information content (AvgIpc) is 3.10. The predicted molar refractivity (Wildman–Crippen MR) is 184 cm³/mol. The highest BCUT2D eigenvalue weighted by molar-refractivity contribution is 5.79. The van der Waals surface area contributed by atoms with Crippen molar-refractivity contribution in [3.05, 3.63) is 167 Å². The maximum absolute atomic E-state index is 11.3. The number of nitriles is 2. The normalized spacial score (nSPS) is 9.96. The predicted octanol–water partition coefficient (Wildman–Crippen LogP) is 9.43. The number of hydrogen-bond acceptors (Lipinski definition) is 7. The molecule has 0 atom stereocenters. The fourth-order valence-corrected chi connectivity index (χ4v) is 4.83. The average molecular weight is 601 g/mol. The Morgan fingerprint density at radius 3 is 1.48 bits per heavy atom. The van der Waals surface area contributed by atoms with Gasteiger partial charge in [-0.1, -0.05) is 97.1 Å². The van der Waals surface area contributed by atoms with Crippen LogP contribution < -0.4 is 16.4 Å². The molecule has 222 valence electrons. The molecule has 0 saturated heterocycles. The van der Waals surface area contributed by atoms with Gasteiger partial charge in [0, 0.05) is 11.4 Å². The maximum Gasteiger partial charge on any atom is 0.310 e. The topological polar surface area (TPSA) is 141 Å². The Labute approximate surface area is 266 Å². The molecule has 4 N–H and O–H groups in total. The minimum absolute atomic E-state index is 0.0317. The van der Waals surface area contributed by atoms with E-state index in [1.54, 1.807) is 18.2 Å². The highest BCUT2D eigenvalue weighted by atomic mass is 16.6. The third-order valence-electron chi connectivity index (χ3n) is 7.06. The summed E-state index contributed by atoms with van der Waals surface area (Å²) in [5, 5.41) is 35.7. The van der Waals surface area contributed by atoms with E-state index in [4.69, 9.17) is 16.3 Å². The highest BCUT2D eigenvalue weighted by Crippen LogP contribution is 2.32. The van der Waals surface area contributed by atoms with Crippen LogP contribution in [-0.2, 0) is 0 Å². The van der Waals surface area contributed by atoms with E-state index < -0.39 is 4.92 Å². The molecular weight excluding hydrogens is 572 g/mol. The first-order valence-corrected chi connectivity index (χ1v) is 14.3. The van der Waals surface area contributed by atoms with Crippen molar-refractivity contribution in [2.75, 3.05) is 16.4 Å². The number of nitrogens with zero attached hydrogens (tertiary/aromatic N) is 3. The SMILES string of the molecule is N#Cc1cccc(Nc2cccc(-c3ccccc3)c2)c1N.N#Cc1cccc(Nc2cccc(-c3ccccc3)c2)c1[N+](=O)[O-]. The van der Waals surface area contributed by atoms with Gasteiger partial charge in [-0.3, -0.25) is 10.1 Å². The molecule has 0 aliphatic carbocycles. The lowest BCUT2D eigenvalue weighted by Gasteiger charge is -2.11. The van der Waals surface area contributed by atoms with Crippen molar-refractivity contribution < 1.29 is 4.92 Å². The van der Waals surface area contributed by atoms with E-state index in [2.05, 4.69) is 41.0 Å². The molecule has 0 unspecified atom stereocenters. The second-order valence-electron chi connectivity index (χ2n) is 10.1. The van der Waals surface area contributed by atoms with Gasteiger partial charge in [-0.05, 0) is 70.8 Å². The van der Waals surface area contributed by atoms with E-state index in [0.29, 0.717) is 16.9 Å². The molecule has 6 aromatic rings. The first-order valence-electron chi connectivity index (χ1n) is 14.3. The summed E-state index contributed by atoms with van der Waals surface area (Å²) in [5.74, 6) is 0. The quantitative estimate of drug-likeness (QED) is 0.0941. The Hall–Kier alpha value is -6.90. The van der Waals surface area contributed by atoms with Crippen LogP contribution in [0.3, 0.4) is 0 Å². The second-order valence-corrected chi connectivity index (χ2v) is 10.1. The molecule has 0 bridgehead atoms. The van der Waals surface area contributed by atoms with Crippen LogP contribution >= 0.6 is 0 Å². The third-order valence-corrected chi connectivity index (χ3v) is 7.06. The van der Waals surface area contributed by atoms with Crippen LogP contribution in [0, 0.1) is 32.8 Å². The van der Waals surface area contributed by atoms with Gasteiger partial charge in [-0.2, -0.15) is 10.5 Å². The van der Waals surface area contributed by atoms with Crippen LogP contribution in [0.2, 0.25) is 0 Å². The Kier molecular flexibility index (Phi) is 9.64. The summed E-state index contributed by atoms with van der Waals surface area (Å²) in [6, 6.07) is 49.7. The van der Waals surface area contributed by atoms with Gasteiger partial charge in [0.15, 0.2) is 0 Å². The maximum atomic E-state index is 11.3. The standard InChI is InChI=1S/C19H13N3O2.C19H15N3/c20-13-16-9-5-11-18(19(16)22(23)24)21-17-10-4-8-15(12-17)14-6-2-1-3-7-14;20-13-16-9-5-11-18(19(16)21)22-17-10-4-8-15(12-17)14-6-2-1-3-7-14/h1-12,21H;1-12,22H,21H2. The number of nitro benzene ring substituents is 1. The number of nitrogens with one attached hydrogen (secondary N) is 2. The molecule has 0 spiro atoms. The minimum Gasteiger partial charge on any atom is -0.396 e. The zero-order chi connectivity index (χ0) is 32.3. The minimum atomic E-state index is -0.540. The van der Waals surface area contributed by atoms with Crippen LogP contribution in [0.15, 0.2) is 146 Å². The van der Waals surface area contributed by atoms with Gasteiger partial charge < -0.3 is 16.4 Å². The van der Waals surface area contributed by atoms with Gasteiger partial charge in [0.1, 0.15) is 23.4 Å². The lowest BCUT2D eigenvalue weighted by molar-refractivity contribution is -0.384. The molecule has 0 radical (unpaired) electrons. The smallest absolute Gasteiger partial charge is 0.310 e. The zero-order valence-electron chi connectivity index (χ0n) is 24.6. The Morgan fingerprint density at radius 2 is 0.978 bits per heavy atom. The molecule has 0 amide bonds. The van der Waals surface area contributed by atoms with Crippen LogP contribution in [0.25, 0.3) is 22.3 Å². The Morgan fingerprint density at radius 1 is 0.543 bits per heavy atom. The summed E-state index contributed by atoms with van der Waals surface area (Å²) in [4.78, 5) is 10.8. The van der Waals surface area contributed by atoms with Crippen molar-refractivity contribution in [1.29, 1.82) is 10.5 Å². The number of nitro groups is 1. The fraction of sp³-hybridized carbons (Fsp3) is 0. The summed E-state index contributed by atoms with van der Waals surface area (Å²) < 4.78 is 0. The van der Waals surface area contributed by atoms with E-state index in [0.717, 1.165) is 39.3 Å². The highest BCUT2D eigenvalue weighted by Gasteiger charge is 2.19. The molecule has 6 aromatic carbocycles. The number of nitrogens with two attached hydrogens (primary N) is 1. The molecule has 6 rings (SSSR count). The van der Waals surface area contributed by atoms with Crippen molar-refractivity contribution in [2.24, 2.45) is 0 Å². The van der Waals surface area contributed by atoms with Crippen LogP contribution in [-0.4, -0.2) is 4.92 Å². The van der Waals surface area contributed by atoms with E-state index >= 15 is 0 Å². The summed E-state index contributed by atoms with van der Waals surface area (Å²) >= 11 is 0. The summed E-state index contributed by atoms with van der Waals surface area (Å²) in [6.07, 6.45) is 0. The van der Waals surface area contributed by atoms with Gasteiger partial charge in [0.05, 0.1) is 21.9 Å². The monoisotopic (exact) mass is 600 g/mol. The summed E-state index contributed by atoms with van der Waals surface area (Å²) in [5.41, 5.74) is 13.8. The number of benzene rings is 6. The molecule has 0 aromatic heterocycles. The lowest BCUT2D eigenvalue weighted by atomic mass is 10.1. The first-order chi connectivity index (χ1) is 22.5. The molecule has 0 fully saturated rings. The molecule has 0 aliphatic heterocycles. The van der Waals surface area contributed by atoms with Crippen molar-refractivity contribution in [3.63, 3.8) is 0 Å². The Balaban J connectivity index is 0.000000182. The van der Waals surface area contributed by atoms with Crippen LogP contribution in [0.1, 0.15) is 11.1 Å². The number of para-hydroxylation sites is 2. The molecule has 8 heteroatoms. The molecule has 0 aliphatic rings. The molecule has 0 heterocycles. The van der Waals surface area contributed by atoms with E-state index in [1.807, 2.05) is 103 Å². The van der Waals surface area contributed by atoms with Gasteiger partial charge in [-0.15, -0.1) is 0 Å². The van der Waals surface area contributed by atoms with Crippen molar-refractivity contribution in [2.45, 2.75) is 0 Å². The third kappa shape index (κ3) is 7.35. The number of rotatable bonds is 7. The van der Waals surface area contributed by atoms with Gasteiger partial charge in [0.25, 0.3) is 0 Å².